The lowest BCUT2D eigenvalue weighted by Crippen LogP contribution is -2.27. The summed E-state index contributed by atoms with van der Waals surface area (Å²) in [5.41, 5.74) is 7.52. The van der Waals surface area contributed by atoms with E-state index in [1.54, 1.807) is 19.2 Å². The summed E-state index contributed by atoms with van der Waals surface area (Å²) in [6.07, 6.45) is 2.71. The molecule has 1 aromatic carbocycles. The lowest BCUT2D eigenvalue weighted by molar-refractivity contribution is -0.116. The van der Waals surface area contributed by atoms with Gasteiger partial charge < -0.3 is 19.9 Å². The molecular weight excluding hydrogens is 332 g/mol. The summed E-state index contributed by atoms with van der Waals surface area (Å²) in [6, 6.07) is 7.57. The number of carbonyl (C=O) groups is 1. The Morgan fingerprint density at radius 1 is 1.35 bits per heavy atom. The van der Waals surface area contributed by atoms with Gasteiger partial charge in [0.15, 0.2) is 17.3 Å². The Kier molecular flexibility index (Phi) is 5.17. The van der Waals surface area contributed by atoms with Crippen LogP contribution in [-0.2, 0) is 9.53 Å². The van der Waals surface area contributed by atoms with E-state index < -0.39 is 5.92 Å². The van der Waals surface area contributed by atoms with E-state index in [0.717, 1.165) is 18.4 Å². The zero-order valence-corrected chi connectivity index (χ0v) is 15.0. The molecule has 0 spiro atoms. The predicted octanol–water partition coefficient (Wildman–Crippen LogP) is 3.30. The Bertz CT molecular complexity index is 833. The Morgan fingerprint density at radius 3 is 2.85 bits per heavy atom. The Labute approximate surface area is 152 Å². The molecular formula is C20H22N2O4. The number of ketones is 1. The lowest BCUT2D eigenvalue weighted by Gasteiger charge is -2.31. The molecule has 26 heavy (non-hydrogen) atoms. The number of allylic oxidation sites excluding steroid dienone is 3. The van der Waals surface area contributed by atoms with E-state index in [-0.39, 0.29) is 17.2 Å². The molecule has 136 valence electrons. The third-order valence-corrected chi connectivity index (χ3v) is 4.59. The van der Waals surface area contributed by atoms with Crippen LogP contribution in [0.15, 0.2) is 41.0 Å². The quantitative estimate of drug-likeness (QED) is 0.872. The summed E-state index contributed by atoms with van der Waals surface area (Å²) in [5, 5.41) is 9.61. The molecule has 0 amide bonds. The van der Waals surface area contributed by atoms with Crippen molar-refractivity contribution in [3.8, 4) is 17.6 Å². The van der Waals surface area contributed by atoms with Gasteiger partial charge in [-0.05, 0) is 30.5 Å². The van der Waals surface area contributed by atoms with Crippen molar-refractivity contribution in [1.29, 1.82) is 5.26 Å². The number of methoxy groups -OCH3 is 1. The Balaban J connectivity index is 2.09. The van der Waals surface area contributed by atoms with Crippen LogP contribution < -0.4 is 15.2 Å². The maximum absolute atomic E-state index is 12.6. The van der Waals surface area contributed by atoms with Gasteiger partial charge in [-0.25, -0.2) is 0 Å². The monoisotopic (exact) mass is 354 g/mol. The van der Waals surface area contributed by atoms with Crippen molar-refractivity contribution in [2.24, 2.45) is 5.73 Å². The molecule has 2 N–H and O–H groups in total. The number of benzene rings is 1. The first-order valence-corrected chi connectivity index (χ1v) is 8.75. The lowest BCUT2D eigenvalue weighted by atomic mass is 9.77. The van der Waals surface area contributed by atoms with Crippen molar-refractivity contribution >= 4 is 5.78 Å². The standard InChI is InChI=1S/C20H22N2O4/c1-3-9-25-15-8-7-12(10-17(15)24-2)18-13(11-21)20(22)26-16-6-4-5-14(23)19(16)18/h7-8,10,18H,3-6,9,22H2,1-2H3/t18-/m0/s1. The highest BCUT2D eigenvalue weighted by Crippen LogP contribution is 2.44. The molecule has 1 aromatic rings. The SMILES string of the molecule is CCCOc1ccc([C@H]2C(C#N)=C(N)OC3=C2C(=O)CCC3)cc1OC. The fraction of sp³-hybridized carbons (Fsp3) is 0.400. The second-order valence-electron chi connectivity index (χ2n) is 6.30. The number of hydrogen-bond acceptors (Lipinski definition) is 6. The number of rotatable bonds is 5. The predicted molar refractivity (Wildman–Crippen MR) is 95.3 cm³/mol. The van der Waals surface area contributed by atoms with Gasteiger partial charge in [0, 0.05) is 18.4 Å². The second-order valence-corrected chi connectivity index (χ2v) is 6.30. The van der Waals surface area contributed by atoms with Gasteiger partial charge in [-0.15, -0.1) is 0 Å². The maximum atomic E-state index is 12.6. The molecule has 1 atom stereocenters. The van der Waals surface area contributed by atoms with E-state index in [4.69, 9.17) is 19.9 Å². The van der Waals surface area contributed by atoms with Gasteiger partial charge in [-0.2, -0.15) is 5.26 Å². The number of nitrogens with two attached hydrogens (primary N) is 1. The number of nitriles is 1. The number of nitrogens with zero attached hydrogens (tertiary/aromatic N) is 1. The van der Waals surface area contributed by atoms with Gasteiger partial charge in [0.1, 0.15) is 17.4 Å². The highest BCUT2D eigenvalue weighted by molar-refractivity contribution is 5.99. The highest BCUT2D eigenvalue weighted by atomic mass is 16.5. The van der Waals surface area contributed by atoms with Gasteiger partial charge in [0.05, 0.1) is 19.6 Å². The van der Waals surface area contributed by atoms with E-state index in [9.17, 15) is 10.1 Å². The minimum absolute atomic E-state index is 0.00164. The van der Waals surface area contributed by atoms with Crippen LogP contribution in [0.2, 0.25) is 0 Å². The minimum Gasteiger partial charge on any atom is -0.493 e. The van der Waals surface area contributed by atoms with Crippen LogP contribution in [0.4, 0.5) is 0 Å². The van der Waals surface area contributed by atoms with Crippen LogP contribution in [0.25, 0.3) is 0 Å². The first kappa shape index (κ1) is 17.9. The largest absolute Gasteiger partial charge is 0.493 e. The fourth-order valence-electron chi connectivity index (χ4n) is 3.38. The van der Waals surface area contributed by atoms with Crippen molar-refractivity contribution in [3.05, 3.63) is 46.6 Å². The first-order valence-electron chi connectivity index (χ1n) is 8.75. The summed E-state index contributed by atoms with van der Waals surface area (Å²) in [6.45, 7) is 2.61. The summed E-state index contributed by atoms with van der Waals surface area (Å²) in [5.74, 6) is 1.30. The van der Waals surface area contributed by atoms with Gasteiger partial charge in [0.25, 0.3) is 0 Å². The summed E-state index contributed by atoms with van der Waals surface area (Å²) >= 11 is 0. The van der Waals surface area contributed by atoms with Crippen molar-refractivity contribution in [2.45, 2.75) is 38.5 Å². The first-order chi connectivity index (χ1) is 12.6. The summed E-state index contributed by atoms with van der Waals surface area (Å²) < 4.78 is 16.7. The third-order valence-electron chi connectivity index (χ3n) is 4.59. The van der Waals surface area contributed by atoms with Crippen LogP contribution in [0, 0.1) is 11.3 Å². The van der Waals surface area contributed by atoms with Gasteiger partial charge in [-0.3, -0.25) is 4.79 Å². The molecule has 0 saturated heterocycles. The fourth-order valence-corrected chi connectivity index (χ4v) is 3.38. The van der Waals surface area contributed by atoms with Crippen molar-refractivity contribution in [1.82, 2.24) is 0 Å². The van der Waals surface area contributed by atoms with Gasteiger partial charge in [-0.1, -0.05) is 13.0 Å². The van der Waals surface area contributed by atoms with Crippen molar-refractivity contribution in [3.63, 3.8) is 0 Å². The molecule has 0 saturated carbocycles. The van der Waals surface area contributed by atoms with E-state index in [0.29, 0.717) is 42.3 Å². The molecule has 1 heterocycles. The molecule has 0 aromatic heterocycles. The minimum atomic E-state index is -0.536. The average Bonchev–Trinajstić information content (AvgIpc) is 2.65. The van der Waals surface area contributed by atoms with E-state index in [1.165, 1.54) is 0 Å². The van der Waals surface area contributed by atoms with Crippen molar-refractivity contribution in [2.75, 3.05) is 13.7 Å². The number of hydrogen-bond donors (Lipinski definition) is 1. The second kappa shape index (κ2) is 7.52. The van der Waals surface area contributed by atoms with Gasteiger partial charge in [0.2, 0.25) is 5.88 Å². The van der Waals surface area contributed by atoms with E-state index in [1.807, 2.05) is 13.0 Å². The molecule has 3 rings (SSSR count). The van der Waals surface area contributed by atoms with Crippen LogP contribution in [0.1, 0.15) is 44.1 Å². The number of carbonyl (C=O) groups excluding carboxylic acids is 1. The summed E-state index contributed by atoms with van der Waals surface area (Å²) in [7, 11) is 1.56. The molecule has 1 aliphatic carbocycles. The number of ether oxygens (including phenoxy) is 3. The highest BCUT2D eigenvalue weighted by Gasteiger charge is 2.38. The third kappa shape index (κ3) is 3.13. The van der Waals surface area contributed by atoms with E-state index in [2.05, 4.69) is 6.07 Å². The normalized spacial score (nSPS) is 19.6. The molecule has 0 radical (unpaired) electrons. The molecule has 0 bridgehead atoms. The van der Waals surface area contributed by atoms with Crippen LogP contribution >= 0.6 is 0 Å². The number of Topliss-reactive ketones (excluding diaryl/α,β-unsaturated/α-hetero) is 1. The van der Waals surface area contributed by atoms with Crippen LogP contribution in [0.3, 0.4) is 0 Å². The molecule has 6 nitrogen and oxygen atoms in total. The van der Waals surface area contributed by atoms with Crippen LogP contribution in [-0.4, -0.2) is 19.5 Å². The molecule has 0 unspecified atom stereocenters. The maximum Gasteiger partial charge on any atom is 0.205 e. The topological polar surface area (TPSA) is 94.6 Å². The zero-order chi connectivity index (χ0) is 18.7. The molecule has 1 aliphatic heterocycles. The van der Waals surface area contributed by atoms with Crippen molar-refractivity contribution < 1.29 is 19.0 Å². The molecule has 2 aliphatic rings. The Morgan fingerprint density at radius 2 is 2.15 bits per heavy atom. The Hall–Kier alpha value is -2.94. The molecule has 0 fully saturated rings. The molecule has 6 heteroatoms. The van der Waals surface area contributed by atoms with Gasteiger partial charge >= 0.3 is 0 Å². The van der Waals surface area contributed by atoms with E-state index >= 15 is 0 Å². The summed E-state index contributed by atoms with van der Waals surface area (Å²) in [4.78, 5) is 12.6. The average molecular weight is 354 g/mol. The zero-order valence-electron chi connectivity index (χ0n) is 15.0. The smallest absolute Gasteiger partial charge is 0.205 e. The van der Waals surface area contributed by atoms with Crippen LogP contribution in [0.5, 0.6) is 11.5 Å².